The van der Waals surface area contributed by atoms with Gasteiger partial charge in [-0.3, -0.25) is 0 Å². The summed E-state index contributed by atoms with van der Waals surface area (Å²) in [5.41, 5.74) is 5.74. The molecule has 0 heterocycles. The highest BCUT2D eigenvalue weighted by Gasteiger charge is 2.38. The van der Waals surface area contributed by atoms with Crippen molar-refractivity contribution in [3.8, 4) is 0 Å². The molecular weight excluding hydrogens is 284 g/mol. The number of nitrogens with two attached hydrogens (primary N) is 1. The molecule has 0 aliphatic heterocycles. The van der Waals surface area contributed by atoms with Gasteiger partial charge in [0.2, 0.25) is 10.0 Å². The van der Waals surface area contributed by atoms with Crippen LogP contribution in [0.1, 0.15) is 44.9 Å². The minimum Gasteiger partial charge on any atom is -0.329 e. The summed E-state index contributed by atoms with van der Waals surface area (Å²) < 4.78 is 26.4. The average molecular weight is 311 g/mol. The molecule has 2 saturated carbocycles. The van der Waals surface area contributed by atoms with Crippen molar-refractivity contribution >= 4 is 22.4 Å². The average Bonchev–Trinajstić information content (AvgIpc) is 3.15. The molecule has 0 saturated heterocycles. The zero-order valence-electron chi connectivity index (χ0n) is 11.8. The van der Waals surface area contributed by atoms with E-state index in [1.807, 2.05) is 0 Å². The number of halogens is 1. The lowest BCUT2D eigenvalue weighted by Gasteiger charge is -2.29. The zero-order chi connectivity index (χ0) is 13.2. The maximum Gasteiger partial charge on any atom is 0.214 e. The van der Waals surface area contributed by atoms with Gasteiger partial charge in [-0.1, -0.05) is 19.3 Å². The Morgan fingerprint density at radius 1 is 1.16 bits per heavy atom. The summed E-state index contributed by atoms with van der Waals surface area (Å²) >= 11 is 0. The van der Waals surface area contributed by atoms with Crippen LogP contribution in [0, 0.1) is 11.8 Å². The molecule has 1 atom stereocenters. The maximum atomic E-state index is 12.4. The topological polar surface area (TPSA) is 63.4 Å². The normalized spacial score (nSPS) is 23.1. The van der Waals surface area contributed by atoms with Gasteiger partial charge >= 0.3 is 0 Å². The monoisotopic (exact) mass is 310 g/mol. The Labute approximate surface area is 123 Å². The summed E-state index contributed by atoms with van der Waals surface area (Å²) in [7, 11) is -1.41. The van der Waals surface area contributed by atoms with Crippen molar-refractivity contribution < 1.29 is 8.42 Å². The first kappa shape index (κ1) is 17.2. The number of sulfonamides is 1. The van der Waals surface area contributed by atoms with Crippen molar-refractivity contribution in [3.63, 3.8) is 0 Å². The van der Waals surface area contributed by atoms with Crippen molar-refractivity contribution in [1.82, 2.24) is 4.31 Å². The van der Waals surface area contributed by atoms with Gasteiger partial charge in [0.25, 0.3) is 0 Å². The molecule has 2 N–H and O–H groups in total. The van der Waals surface area contributed by atoms with Crippen LogP contribution in [0.5, 0.6) is 0 Å². The fourth-order valence-electron chi connectivity index (χ4n) is 3.09. The molecule has 19 heavy (non-hydrogen) atoms. The molecular formula is C13H27ClN2O2S. The Bertz CT molecular complexity index is 365. The Morgan fingerprint density at radius 2 is 1.74 bits per heavy atom. The van der Waals surface area contributed by atoms with Crippen LogP contribution in [0.25, 0.3) is 0 Å². The number of nitrogens with zero attached hydrogens (tertiary/aromatic N) is 1. The Morgan fingerprint density at radius 3 is 2.21 bits per heavy atom. The first-order valence-electron chi connectivity index (χ1n) is 7.20. The van der Waals surface area contributed by atoms with Crippen molar-refractivity contribution in [2.24, 2.45) is 17.6 Å². The van der Waals surface area contributed by atoms with E-state index in [1.54, 1.807) is 11.4 Å². The van der Waals surface area contributed by atoms with Gasteiger partial charge < -0.3 is 5.73 Å². The van der Waals surface area contributed by atoms with E-state index in [-0.39, 0.29) is 18.4 Å². The van der Waals surface area contributed by atoms with E-state index < -0.39 is 10.0 Å². The highest BCUT2D eigenvalue weighted by molar-refractivity contribution is 7.89. The molecule has 2 aliphatic carbocycles. The highest BCUT2D eigenvalue weighted by Crippen LogP contribution is 2.36. The molecule has 4 nitrogen and oxygen atoms in total. The summed E-state index contributed by atoms with van der Waals surface area (Å²) in [6.07, 6.45) is 8.05. The van der Waals surface area contributed by atoms with Gasteiger partial charge in [0.15, 0.2) is 0 Å². The standard InChI is InChI=1S/C13H26N2O2S.ClH/c1-15(13(9-14)12-7-8-12)18(16,17)10-11-5-3-2-4-6-11;/h11-13H,2-10,14H2,1H3;1H. The van der Waals surface area contributed by atoms with E-state index in [0.29, 0.717) is 24.1 Å². The fraction of sp³-hybridized carbons (Fsp3) is 1.00. The minimum atomic E-state index is -3.12. The van der Waals surface area contributed by atoms with Crippen LogP contribution >= 0.6 is 12.4 Å². The predicted molar refractivity (Wildman–Crippen MR) is 80.9 cm³/mol. The molecule has 2 rings (SSSR count). The van der Waals surface area contributed by atoms with Crippen molar-refractivity contribution in [2.75, 3.05) is 19.3 Å². The van der Waals surface area contributed by atoms with E-state index in [4.69, 9.17) is 5.73 Å². The smallest absolute Gasteiger partial charge is 0.214 e. The Hall–Kier alpha value is 0.160. The first-order chi connectivity index (χ1) is 8.54. The lowest BCUT2D eigenvalue weighted by Crippen LogP contribution is -2.45. The van der Waals surface area contributed by atoms with Gasteiger partial charge in [-0.2, -0.15) is 0 Å². The van der Waals surface area contributed by atoms with Crippen molar-refractivity contribution in [2.45, 2.75) is 51.0 Å². The van der Waals surface area contributed by atoms with E-state index >= 15 is 0 Å². The molecule has 1 unspecified atom stereocenters. The zero-order valence-corrected chi connectivity index (χ0v) is 13.4. The van der Waals surface area contributed by atoms with Gasteiger partial charge in [0, 0.05) is 19.6 Å². The summed E-state index contributed by atoms with van der Waals surface area (Å²) in [5.74, 6) is 1.19. The molecule has 0 aromatic carbocycles. The third-order valence-corrected chi connectivity index (χ3v) is 6.53. The minimum absolute atomic E-state index is 0. The van der Waals surface area contributed by atoms with E-state index in [9.17, 15) is 8.42 Å². The lowest BCUT2D eigenvalue weighted by molar-refractivity contribution is 0.328. The van der Waals surface area contributed by atoms with Crippen LogP contribution in [0.3, 0.4) is 0 Å². The van der Waals surface area contributed by atoms with Crippen LogP contribution in [-0.4, -0.2) is 38.1 Å². The van der Waals surface area contributed by atoms with Crippen LogP contribution in [0.2, 0.25) is 0 Å². The van der Waals surface area contributed by atoms with Gasteiger partial charge in [-0.15, -0.1) is 12.4 Å². The summed E-state index contributed by atoms with van der Waals surface area (Å²) in [4.78, 5) is 0. The molecule has 114 valence electrons. The maximum absolute atomic E-state index is 12.4. The number of rotatable bonds is 6. The highest BCUT2D eigenvalue weighted by atomic mass is 35.5. The molecule has 0 radical (unpaired) electrons. The molecule has 0 aromatic heterocycles. The molecule has 6 heteroatoms. The number of likely N-dealkylation sites (N-methyl/N-ethyl adjacent to an activating group) is 1. The van der Waals surface area contributed by atoms with Gasteiger partial charge in [0.1, 0.15) is 0 Å². The quantitative estimate of drug-likeness (QED) is 0.816. The molecule has 0 spiro atoms. The second kappa shape index (κ2) is 7.25. The molecule has 2 fully saturated rings. The van der Waals surface area contributed by atoms with Crippen LogP contribution in [-0.2, 0) is 10.0 Å². The summed E-state index contributed by atoms with van der Waals surface area (Å²) in [6.45, 7) is 0.449. The largest absolute Gasteiger partial charge is 0.329 e. The van der Waals surface area contributed by atoms with Crippen LogP contribution in [0.15, 0.2) is 0 Å². The SMILES string of the molecule is CN(C(CN)C1CC1)S(=O)(=O)CC1CCCCC1.Cl. The van der Waals surface area contributed by atoms with E-state index in [2.05, 4.69) is 0 Å². The predicted octanol–water partition coefficient (Wildman–Crippen LogP) is 1.99. The molecule has 0 bridgehead atoms. The van der Waals surface area contributed by atoms with Gasteiger partial charge in [-0.25, -0.2) is 12.7 Å². The van der Waals surface area contributed by atoms with Gasteiger partial charge in [-0.05, 0) is 37.5 Å². The Balaban J connectivity index is 0.00000180. The Kier molecular flexibility index (Phi) is 6.57. The third-order valence-electron chi connectivity index (χ3n) is 4.48. The number of hydrogen-bond acceptors (Lipinski definition) is 3. The van der Waals surface area contributed by atoms with Crippen molar-refractivity contribution in [1.29, 1.82) is 0 Å². The van der Waals surface area contributed by atoms with Gasteiger partial charge in [0.05, 0.1) is 5.75 Å². The first-order valence-corrected chi connectivity index (χ1v) is 8.81. The molecule has 0 amide bonds. The number of hydrogen-bond donors (Lipinski definition) is 1. The van der Waals surface area contributed by atoms with Crippen LogP contribution in [0.4, 0.5) is 0 Å². The molecule has 2 aliphatic rings. The second-order valence-electron chi connectivity index (χ2n) is 5.94. The lowest BCUT2D eigenvalue weighted by atomic mass is 9.91. The molecule has 0 aromatic rings. The van der Waals surface area contributed by atoms with E-state index in [0.717, 1.165) is 25.7 Å². The van der Waals surface area contributed by atoms with E-state index in [1.165, 1.54) is 19.3 Å². The second-order valence-corrected chi connectivity index (χ2v) is 8.01. The summed E-state index contributed by atoms with van der Waals surface area (Å²) in [6, 6.07) is 0.0265. The van der Waals surface area contributed by atoms with Crippen molar-refractivity contribution in [3.05, 3.63) is 0 Å². The van der Waals surface area contributed by atoms with Crippen LogP contribution < -0.4 is 5.73 Å². The fourth-order valence-corrected chi connectivity index (χ4v) is 4.93. The summed E-state index contributed by atoms with van der Waals surface area (Å²) in [5, 5.41) is 0. The third kappa shape index (κ3) is 4.59.